The van der Waals surface area contributed by atoms with Gasteiger partial charge < -0.3 is 14.0 Å². The molecule has 0 spiro atoms. The van der Waals surface area contributed by atoms with Crippen LogP contribution in [0.5, 0.6) is 0 Å². The van der Waals surface area contributed by atoms with E-state index in [1.807, 2.05) is 0 Å². The van der Waals surface area contributed by atoms with Crippen molar-refractivity contribution in [2.24, 2.45) is 0 Å². The van der Waals surface area contributed by atoms with Gasteiger partial charge in [-0.05, 0) is 13.8 Å². The number of rotatable bonds is 6. The zero-order valence-electron chi connectivity index (χ0n) is 10.4. The minimum Gasteiger partial charge on any atom is -0.465 e. The number of nitrogens with zero attached hydrogens (tertiary/aromatic N) is 2. The molecule has 0 bridgehead atoms. The van der Waals surface area contributed by atoms with Gasteiger partial charge in [-0.1, -0.05) is 5.16 Å². The molecule has 0 aromatic carbocycles. The Kier molecular flexibility index (Phi) is 5.28. The molecule has 0 radical (unpaired) electrons. The molecule has 1 aromatic rings. The molecule has 1 aromatic heterocycles. The molecule has 0 N–H and O–H groups in total. The van der Waals surface area contributed by atoms with Crippen molar-refractivity contribution in [3.05, 3.63) is 11.7 Å². The molecule has 19 heavy (non-hydrogen) atoms. The molecule has 0 aliphatic carbocycles. The summed E-state index contributed by atoms with van der Waals surface area (Å²) in [7, 11) is 0. The molecule has 1 heterocycles. The molecular formula is C10H13F3N2O4. The molecule has 108 valence electrons. The number of ether oxygens (including phenoxy) is 2. The average molecular weight is 282 g/mol. The van der Waals surface area contributed by atoms with E-state index in [1.54, 1.807) is 6.92 Å². The van der Waals surface area contributed by atoms with Crippen LogP contribution in [-0.4, -0.2) is 35.5 Å². The van der Waals surface area contributed by atoms with Gasteiger partial charge in [0.15, 0.2) is 5.82 Å². The second-order valence-corrected chi connectivity index (χ2v) is 3.63. The maximum atomic E-state index is 11.8. The lowest BCUT2D eigenvalue weighted by molar-refractivity contribution is -0.177. The van der Waals surface area contributed by atoms with E-state index in [9.17, 15) is 18.0 Å². The Morgan fingerprint density at radius 1 is 1.47 bits per heavy atom. The van der Waals surface area contributed by atoms with Crippen molar-refractivity contribution in [1.29, 1.82) is 0 Å². The molecule has 1 unspecified atom stereocenters. The Morgan fingerprint density at radius 2 is 2.16 bits per heavy atom. The lowest BCUT2D eigenvalue weighted by Crippen LogP contribution is -2.17. The van der Waals surface area contributed by atoms with Crippen LogP contribution in [0.2, 0.25) is 0 Å². The summed E-state index contributed by atoms with van der Waals surface area (Å²) in [6, 6.07) is 0. The first-order valence-electron chi connectivity index (χ1n) is 5.47. The highest BCUT2D eigenvalue weighted by atomic mass is 19.4. The summed E-state index contributed by atoms with van der Waals surface area (Å²) in [6.07, 6.45) is -4.41. The van der Waals surface area contributed by atoms with E-state index in [1.165, 1.54) is 6.92 Å². The van der Waals surface area contributed by atoms with E-state index < -0.39 is 31.3 Å². The van der Waals surface area contributed by atoms with E-state index in [0.717, 1.165) is 0 Å². The summed E-state index contributed by atoms with van der Waals surface area (Å²) in [6.45, 7) is 1.50. The van der Waals surface area contributed by atoms with Crippen molar-refractivity contribution < 1.29 is 32.0 Å². The summed E-state index contributed by atoms with van der Waals surface area (Å²) in [5.74, 6) is -1.41. The molecule has 9 heteroatoms. The third-order valence-electron chi connectivity index (χ3n) is 1.99. The highest BCUT2D eigenvalue weighted by Gasteiger charge is 2.28. The fraction of sp³-hybridized carbons (Fsp3) is 0.700. The predicted octanol–water partition coefficient (Wildman–Crippen LogP) is 1.82. The molecule has 0 aliphatic heterocycles. The number of alkyl halides is 3. The predicted molar refractivity (Wildman–Crippen MR) is 55.1 cm³/mol. The fourth-order valence-electron chi connectivity index (χ4n) is 1.13. The molecule has 6 nitrogen and oxygen atoms in total. The van der Waals surface area contributed by atoms with Crippen molar-refractivity contribution >= 4 is 5.97 Å². The standard InChI is InChI=1S/C10H13F3N2O4/c1-3-18-9(16)6(2)8-14-7(15-19-8)4-17-5-10(11,12)13/h6H,3-5H2,1-2H3. The Hall–Kier alpha value is -1.64. The highest BCUT2D eigenvalue weighted by Crippen LogP contribution is 2.17. The van der Waals surface area contributed by atoms with Gasteiger partial charge in [0, 0.05) is 0 Å². The fourth-order valence-corrected chi connectivity index (χ4v) is 1.13. The van der Waals surface area contributed by atoms with Gasteiger partial charge in [-0.3, -0.25) is 4.79 Å². The second kappa shape index (κ2) is 6.50. The van der Waals surface area contributed by atoms with Gasteiger partial charge >= 0.3 is 12.1 Å². The normalized spacial score (nSPS) is 13.3. The molecule has 0 aliphatic rings. The van der Waals surface area contributed by atoms with Crippen molar-refractivity contribution in [3.8, 4) is 0 Å². The Balaban J connectivity index is 2.50. The van der Waals surface area contributed by atoms with E-state index >= 15 is 0 Å². The number of hydrogen-bond donors (Lipinski definition) is 0. The third-order valence-corrected chi connectivity index (χ3v) is 1.99. The zero-order chi connectivity index (χ0) is 14.5. The minimum absolute atomic E-state index is 0.0240. The lowest BCUT2D eigenvalue weighted by atomic mass is 10.2. The molecule has 0 saturated carbocycles. The number of esters is 1. The maximum absolute atomic E-state index is 11.8. The summed E-state index contributed by atoms with van der Waals surface area (Å²) in [5.41, 5.74) is 0. The van der Waals surface area contributed by atoms with E-state index in [-0.39, 0.29) is 18.3 Å². The average Bonchev–Trinajstić information content (AvgIpc) is 2.75. The first-order chi connectivity index (χ1) is 8.83. The maximum Gasteiger partial charge on any atom is 0.411 e. The Bertz CT molecular complexity index is 419. The van der Waals surface area contributed by atoms with Crippen LogP contribution in [0.1, 0.15) is 31.5 Å². The number of halogens is 3. The van der Waals surface area contributed by atoms with Gasteiger partial charge in [-0.25, -0.2) is 0 Å². The number of aromatic nitrogens is 2. The molecule has 1 rings (SSSR count). The van der Waals surface area contributed by atoms with Crippen molar-refractivity contribution in [1.82, 2.24) is 10.1 Å². The third kappa shape index (κ3) is 5.25. The van der Waals surface area contributed by atoms with Gasteiger partial charge in [0.25, 0.3) is 0 Å². The quantitative estimate of drug-likeness (QED) is 0.741. The smallest absolute Gasteiger partial charge is 0.411 e. The van der Waals surface area contributed by atoms with Crippen LogP contribution < -0.4 is 0 Å². The van der Waals surface area contributed by atoms with Crippen LogP contribution >= 0.6 is 0 Å². The Labute approximate surface area is 106 Å². The largest absolute Gasteiger partial charge is 0.465 e. The van der Waals surface area contributed by atoms with Gasteiger partial charge in [0.2, 0.25) is 5.89 Å². The molecule has 0 fully saturated rings. The highest BCUT2D eigenvalue weighted by molar-refractivity contribution is 5.76. The van der Waals surface area contributed by atoms with Crippen molar-refractivity contribution in [2.75, 3.05) is 13.2 Å². The SMILES string of the molecule is CCOC(=O)C(C)c1nc(COCC(F)(F)F)no1. The van der Waals surface area contributed by atoms with E-state index in [2.05, 4.69) is 14.9 Å². The summed E-state index contributed by atoms with van der Waals surface area (Å²) >= 11 is 0. The van der Waals surface area contributed by atoms with Crippen LogP contribution in [0, 0.1) is 0 Å². The number of hydrogen-bond acceptors (Lipinski definition) is 6. The Morgan fingerprint density at radius 3 is 2.74 bits per heavy atom. The van der Waals surface area contributed by atoms with E-state index in [4.69, 9.17) is 9.26 Å². The molecule has 0 amide bonds. The van der Waals surface area contributed by atoms with Crippen LogP contribution in [0.15, 0.2) is 4.52 Å². The van der Waals surface area contributed by atoms with Crippen LogP contribution in [0.4, 0.5) is 13.2 Å². The van der Waals surface area contributed by atoms with Crippen molar-refractivity contribution in [2.45, 2.75) is 32.5 Å². The van der Waals surface area contributed by atoms with Crippen LogP contribution in [-0.2, 0) is 20.9 Å². The molecular weight excluding hydrogens is 269 g/mol. The molecule has 1 atom stereocenters. The topological polar surface area (TPSA) is 74.5 Å². The van der Waals surface area contributed by atoms with E-state index in [0.29, 0.717) is 0 Å². The minimum atomic E-state index is -4.41. The lowest BCUT2D eigenvalue weighted by Gasteiger charge is -2.05. The summed E-state index contributed by atoms with van der Waals surface area (Å²) < 4.78 is 49.4. The van der Waals surface area contributed by atoms with Crippen molar-refractivity contribution in [3.63, 3.8) is 0 Å². The van der Waals surface area contributed by atoms with Gasteiger partial charge in [0.1, 0.15) is 19.1 Å². The second-order valence-electron chi connectivity index (χ2n) is 3.63. The van der Waals surface area contributed by atoms with Crippen LogP contribution in [0.3, 0.4) is 0 Å². The molecule has 0 saturated heterocycles. The summed E-state index contributed by atoms with van der Waals surface area (Å²) in [5, 5.41) is 3.41. The van der Waals surface area contributed by atoms with Crippen LogP contribution in [0.25, 0.3) is 0 Å². The number of carbonyl (C=O) groups is 1. The first-order valence-corrected chi connectivity index (χ1v) is 5.47. The van der Waals surface area contributed by atoms with Gasteiger partial charge in [0.05, 0.1) is 6.61 Å². The zero-order valence-corrected chi connectivity index (χ0v) is 10.4. The van der Waals surface area contributed by atoms with Gasteiger partial charge in [-0.2, -0.15) is 18.2 Å². The summed E-state index contributed by atoms with van der Waals surface area (Å²) in [4.78, 5) is 15.1. The monoisotopic (exact) mass is 282 g/mol. The van der Waals surface area contributed by atoms with Gasteiger partial charge in [-0.15, -0.1) is 0 Å². The number of carbonyl (C=O) groups excluding carboxylic acids is 1. The first kappa shape index (κ1) is 15.4.